The Labute approximate surface area is 159 Å². The maximum Gasteiger partial charge on any atom is 0.293 e. The van der Waals surface area contributed by atoms with Crippen LogP contribution in [-0.4, -0.2) is 22.7 Å². The van der Waals surface area contributed by atoms with Crippen molar-refractivity contribution in [3.63, 3.8) is 0 Å². The van der Waals surface area contributed by atoms with E-state index in [2.05, 4.69) is 0 Å². The van der Waals surface area contributed by atoms with E-state index in [-0.39, 0.29) is 23.5 Å². The van der Waals surface area contributed by atoms with Gasteiger partial charge in [-0.1, -0.05) is 29.8 Å². The molecule has 0 atom stereocenters. The number of hydrogen-bond acceptors (Lipinski definition) is 4. The molecule has 3 rings (SSSR count). The molecule has 2 amide bonds. The number of ether oxygens (including phenoxy) is 1. The second-order valence-electron chi connectivity index (χ2n) is 5.52. The Kier molecular flexibility index (Phi) is 5.64. The van der Waals surface area contributed by atoms with Crippen LogP contribution in [0.2, 0.25) is 5.02 Å². The van der Waals surface area contributed by atoms with Crippen molar-refractivity contribution in [2.75, 3.05) is 6.61 Å². The summed E-state index contributed by atoms with van der Waals surface area (Å²) in [6.45, 7) is 2.47. The number of carbonyl (C=O) groups excluding carboxylic acids is 2. The highest BCUT2D eigenvalue weighted by molar-refractivity contribution is 8.18. The summed E-state index contributed by atoms with van der Waals surface area (Å²) in [6.07, 6.45) is 1.62. The van der Waals surface area contributed by atoms with Gasteiger partial charge in [0.05, 0.1) is 23.1 Å². The molecule has 0 unspecified atom stereocenters. The Hall–Kier alpha value is -2.31. The Morgan fingerprint density at radius 3 is 2.58 bits per heavy atom. The Morgan fingerprint density at radius 2 is 1.92 bits per heavy atom. The fraction of sp³-hybridized carbons (Fsp3) is 0.158. The van der Waals surface area contributed by atoms with E-state index in [1.165, 1.54) is 12.1 Å². The Bertz CT molecular complexity index is 883. The number of benzene rings is 2. The van der Waals surface area contributed by atoms with Gasteiger partial charge in [0.25, 0.3) is 11.1 Å². The van der Waals surface area contributed by atoms with Crippen LogP contribution in [0.5, 0.6) is 5.75 Å². The zero-order valence-electron chi connectivity index (χ0n) is 13.9. The molecule has 2 aromatic carbocycles. The molecule has 7 heteroatoms. The molecule has 0 aromatic heterocycles. The fourth-order valence-corrected chi connectivity index (χ4v) is 3.52. The smallest absolute Gasteiger partial charge is 0.293 e. The summed E-state index contributed by atoms with van der Waals surface area (Å²) in [5.41, 5.74) is 1.38. The van der Waals surface area contributed by atoms with Crippen LogP contribution in [0.3, 0.4) is 0 Å². The molecule has 4 nitrogen and oxygen atoms in total. The monoisotopic (exact) mass is 391 g/mol. The van der Waals surface area contributed by atoms with Crippen molar-refractivity contribution >= 4 is 40.6 Å². The van der Waals surface area contributed by atoms with E-state index >= 15 is 0 Å². The summed E-state index contributed by atoms with van der Waals surface area (Å²) in [4.78, 5) is 26.2. The van der Waals surface area contributed by atoms with Crippen molar-refractivity contribution in [2.45, 2.75) is 13.5 Å². The van der Waals surface area contributed by atoms with Crippen molar-refractivity contribution in [3.05, 3.63) is 69.3 Å². The van der Waals surface area contributed by atoms with Crippen molar-refractivity contribution in [2.24, 2.45) is 0 Å². The first-order chi connectivity index (χ1) is 12.5. The molecule has 134 valence electrons. The number of halogens is 2. The lowest BCUT2D eigenvalue weighted by Crippen LogP contribution is -2.27. The number of imide groups is 1. The SMILES string of the molecule is CCOc1ccc(/C=C2\SC(=O)N(Cc3ccc(F)cc3)C2=O)cc1Cl. The van der Waals surface area contributed by atoms with Gasteiger partial charge in [-0.05, 0) is 60.2 Å². The van der Waals surface area contributed by atoms with E-state index in [1.54, 1.807) is 36.4 Å². The van der Waals surface area contributed by atoms with Crippen LogP contribution in [0.1, 0.15) is 18.1 Å². The molecular weight excluding hydrogens is 377 g/mol. The average molecular weight is 392 g/mol. The fourth-order valence-electron chi connectivity index (χ4n) is 2.44. The topological polar surface area (TPSA) is 46.6 Å². The van der Waals surface area contributed by atoms with Gasteiger partial charge >= 0.3 is 0 Å². The summed E-state index contributed by atoms with van der Waals surface area (Å²) < 4.78 is 18.4. The molecule has 1 fully saturated rings. The van der Waals surface area contributed by atoms with Crippen LogP contribution in [-0.2, 0) is 11.3 Å². The minimum atomic E-state index is -0.380. The molecule has 26 heavy (non-hydrogen) atoms. The van der Waals surface area contributed by atoms with Gasteiger partial charge in [0.2, 0.25) is 0 Å². The number of nitrogens with zero attached hydrogens (tertiary/aromatic N) is 1. The van der Waals surface area contributed by atoms with E-state index < -0.39 is 0 Å². The molecule has 2 aromatic rings. The molecule has 0 N–H and O–H groups in total. The van der Waals surface area contributed by atoms with Gasteiger partial charge in [0, 0.05) is 0 Å². The normalized spacial score (nSPS) is 15.8. The molecule has 0 spiro atoms. The molecule has 0 bridgehead atoms. The molecule has 1 saturated heterocycles. The molecule has 0 aliphatic carbocycles. The van der Waals surface area contributed by atoms with Crippen LogP contribution in [0.15, 0.2) is 47.4 Å². The molecule has 1 aliphatic rings. The number of carbonyl (C=O) groups is 2. The van der Waals surface area contributed by atoms with E-state index in [0.29, 0.717) is 33.4 Å². The second-order valence-corrected chi connectivity index (χ2v) is 6.92. The largest absolute Gasteiger partial charge is 0.492 e. The van der Waals surface area contributed by atoms with Crippen LogP contribution in [0.4, 0.5) is 9.18 Å². The third-order valence-electron chi connectivity index (χ3n) is 3.68. The Morgan fingerprint density at radius 1 is 1.19 bits per heavy atom. The summed E-state index contributed by atoms with van der Waals surface area (Å²) in [5.74, 6) is -0.180. The predicted molar refractivity (Wildman–Crippen MR) is 101 cm³/mol. The predicted octanol–water partition coefficient (Wildman–Crippen LogP) is 5.11. The third kappa shape index (κ3) is 4.08. The molecule has 1 heterocycles. The van der Waals surface area contributed by atoms with Crippen molar-refractivity contribution in [3.8, 4) is 5.75 Å². The lowest BCUT2D eigenvalue weighted by atomic mass is 10.2. The van der Waals surface area contributed by atoms with Gasteiger partial charge in [0.15, 0.2) is 0 Å². The van der Waals surface area contributed by atoms with E-state index in [4.69, 9.17) is 16.3 Å². The van der Waals surface area contributed by atoms with Crippen LogP contribution in [0, 0.1) is 5.82 Å². The van der Waals surface area contributed by atoms with Gasteiger partial charge in [0.1, 0.15) is 11.6 Å². The van der Waals surface area contributed by atoms with Crippen LogP contribution in [0.25, 0.3) is 6.08 Å². The molecular formula is C19H15ClFNO3S. The third-order valence-corrected chi connectivity index (χ3v) is 4.88. The van der Waals surface area contributed by atoms with Gasteiger partial charge in [-0.2, -0.15) is 0 Å². The first-order valence-electron chi connectivity index (χ1n) is 7.90. The number of hydrogen-bond donors (Lipinski definition) is 0. The van der Waals surface area contributed by atoms with Crippen LogP contribution < -0.4 is 4.74 Å². The molecule has 0 saturated carbocycles. The van der Waals surface area contributed by atoms with Crippen molar-refractivity contribution < 1.29 is 18.7 Å². The van der Waals surface area contributed by atoms with Crippen molar-refractivity contribution in [1.29, 1.82) is 0 Å². The first kappa shape index (κ1) is 18.5. The zero-order valence-corrected chi connectivity index (χ0v) is 15.4. The van der Waals surface area contributed by atoms with Gasteiger partial charge in [-0.15, -0.1) is 0 Å². The number of thioether (sulfide) groups is 1. The first-order valence-corrected chi connectivity index (χ1v) is 9.09. The number of rotatable bonds is 5. The average Bonchev–Trinajstić information content (AvgIpc) is 2.87. The maximum absolute atomic E-state index is 13.0. The molecule has 0 radical (unpaired) electrons. The Balaban J connectivity index is 1.78. The highest BCUT2D eigenvalue weighted by Gasteiger charge is 2.34. The highest BCUT2D eigenvalue weighted by atomic mass is 35.5. The summed E-state index contributed by atoms with van der Waals surface area (Å²) >= 11 is 7.02. The molecule has 1 aliphatic heterocycles. The second kappa shape index (κ2) is 7.93. The van der Waals surface area contributed by atoms with Gasteiger partial charge < -0.3 is 4.74 Å². The quantitative estimate of drug-likeness (QED) is 0.664. The lowest BCUT2D eigenvalue weighted by Gasteiger charge is -2.12. The minimum absolute atomic E-state index is 0.103. The van der Waals surface area contributed by atoms with E-state index in [0.717, 1.165) is 16.7 Å². The minimum Gasteiger partial charge on any atom is -0.492 e. The highest BCUT2D eigenvalue weighted by Crippen LogP contribution is 2.34. The van der Waals surface area contributed by atoms with E-state index in [9.17, 15) is 14.0 Å². The number of amides is 2. The van der Waals surface area contributed by atoms with Crippen LogP contribution >= 0.6 is 23.4 Å². The zero-order chi connectivity index (χ0) is 18.7. The summed E-state index contributed by atoms with van der Waals surface area (Å²) in [6, 6.07) is 10.9. The maximum atomic E-state index is 13.0. The standard InChI is InChI=1S/C19H15ClFNO3S/c1-2-25-16-8-5-13(9-15(16)20)10-17-18(23)22(19(24)26-17)11-12-3-6-14(21)7-4-12/h3-10H,2,11H2,1H3/b17-10-. The summed E-state index contributed by atoms with van der Waals surface area (Å²) in [7, 11) is 0. The van der Waals surface area contributed by atoms with Crippen molar-refractivity contribution in [1.82, 2.24) is 4.90 Å². The van der Waals surface area contributed by atoms with Gasteiger partial charge in [-0.25, -0.2) is 4.39 Å². The summed E-state index contributed by atoms with van der Waals surface area (Å²) in [5, 5.41) is 0.0775. The van der Waals surface area contributed by atoms with Gasteiger partial charge in [-0.3, -0.25) is 14.5 Å². The lowest BCUT2D eigenvalue weighted by molar-refractivity contribution is -0.123. The van der Waals surface area contributed by atoms with E-state index in [1.807, 2.05) is 6.92 Å².